The highest BCUT2D eigenvalue weighted by Gasteiger charge is 2.53. The van der Waals surface area contributed by atoms with Crippen molar-refractivity contribution in [3.8, 4) is 0 Å². The molecule has 3 fully saturated rings. The predicted octanol–water partition coefficient (Wildman–Crippen LogP) is 2.84. The Morgan fingerprint density at radius 3 is 2.58 bits per heavy atom. The first-order chi connectivity index (χ1) is 11.4. The molecule has 1 aliphatic carbocycles. The van der Waals surface area contributed by atoms with Crippen LogP contribution >= 0.6 is 0 Å². The van der Waals surface area contributed by atoms with Crippen LogP contribution in [0.1, 0.15) is 37.7 Å². The number of benzene rings is 1. The van der Waals surface area contributed by atoms with Crippen LogP contribution in [0.3, 0.4) is 0 Å². The summed E-state index contributed by atoms with van der Waals surface area (Å²) in [5.74, 6) is -0.246. The van der Waals surface area contributed by atoms with Gasteiger partial charge >= 0.3 is 0 Å². The van der Waals surface area contributed by atoms with Crippen molar-refractivity contribution in [3.63, 3.8) is 0 Å². The maximum atomic E-state index is 14.4. The molecule has 1 aromatic carbocycles. The maximum absolute atomic E-state index is 14.4. The van der Waals surface area contributed by atoms with Gasteiger partial charge < -0.3 is 9.80 Å². The van der Waals surface area contributed by atoms with Crippen molar-refractivity contribution < 1.29 is 14.0 Å². The van der Waals surface area contributed by atoms with Gasteiger partial charge in [0.1, 0.15) is 0 Å². The van der Waals surface area contributed by atoms with Crippen molar-refractivity contribution in [2.75, 3.05) is 24.5 Å². The van der Waals surface area contributed by atoms with Crippen LogP contribution in [-0.2, 0) is 9.59 Å². The summed E-state index contributed by atoms with van der Waals surface area (Å²) >= 11 is 0. The van der Waals surface area contributed by atoms with E-state index in [2.05, 4.69) is 0 Å². The molecule has 5 heteroatoms. The summed E-state index contributed by atoms with van der Waals surface area (Å²) in [7, 11) is 0. The van der Waals surface area contributed by atoms with Crippen LogP contribution in [0.2, 0.25) is 0 Å². The molecule has 1 aromatic rings. The number of carbonyl (C=O) groups excluding carboxylic acids is 2. The third-order valence-electron chi connectivity index (χ3n) is 5.98. The molecule has 2 heterocycles. The highest BCUT2D eigenvalue weighted by molar-refractivity contribution is 5.97. The average molecular weight is 330 g/mol. The van der Waals surface area contributed by atoms with Crippen molar-refractivity contribution in [1.82, 2.24) is 4.90 Å². The minimum Gasteiger partial charge on any atom is -0.339 e. The molecule has 2 saturated heterocycles. The number of para-hydroxylation sites is 1. The standard InChI is InChI=1S/C19H23FN2O2/c1-14-5-2-3-6-15(14)22-13-18(11-16(22)23)9-10-21(12-18)17(24)19(20)7-4-8-19/h2-3,5-6H,4,7-13H2,1H3. The lowest BCUT2D eigenvalue weighted by Crippen LogP contribution is -2.50. The van der Waals surface area contributed by atoms with E-state index < -0.39 is 5.67 Å². The van der Waals surface area contributed by atoms with Gasteiger partial charge in [0.25, 0.3) is 5.91 Å². The van der Waals surface area contributed by atoms with E-state index in [1.807, 2.05) is 36.1 Å². The zero-order valence-electron chi connectivity index (χ0n) is 14.1. The minimum absolute atomic E-state index is 0.109. The highest BCUT2D eigenvalue weighted by Crippen LogP contribution is 2.45. The Hall–Kier alpha value is -1.91. The monoisotopic (exact) mass is 330 g/mol. The second-order valence-corrected chi connectivity index (χ2v) is 7.74. The molecule has 1 saturated carbocycles. The van der Waals surface area contributed by atoms with Crippen molar-refractivity contribution in [2.45, 2.75) is 44.7 Å². The molecular formula is C19H23FN2O2. The number of rotatable bonds is 2. The summed E-state index contributed by atoms with van der Waals surface area (Å²) in [5.41, 5.74) is 0.176. The average Bonchev–Trinajstić information content (AvgIpc) is 3.08. The summed E-state index contributed by atoms with van der Waals surface area (Å²) in [6.45, 7) is 3.70. The van der Waals surface area contributed by atoms with E-state index in [1.165, 1.54) is 0 Å². The quantitative estimate of drug-likeness (QED) is 0.837. The molecule has 0 radical (unpaired) electrons. The normalized spacial score (nSPS) is 28.5. The Morgan fingerprint density at radius 2 is 1.92 bits per heavy atom. The number of aryl methyl sites for hydroxylation is 1. The first-order valence-electron chi connectivity index (χ1n) is 8.77. The Bertz CT molecular complexity index is 700. The Kier molecular flexibility index (Phi) is 3.44. The Morgan fingerprint density at radius 1 is 1.17 bits per heavy atom. The molecular weight excluding hydrogens is 307 g/mol. The molecule has 4 nitrogen and oxygen atoms in total. The Balaban J connectivity index is 1.51. The number of anilines is 1. The second kappa shape index (κ2) is 5.30. The van der Waals surface area contributed by atoms with E-state index in [0.29, 0.717) is 38.9 Å². The van der Waals surface area contributed by atoms with Crippen molar-refractivity contribution in [1.29, 1.82) is 0 Å². The predicted molar refractivity (Wildman–Crippen MR) is 89.5 cm³/mol. The number of amides is 2. The van der Waals surface area contributed by atoms with E-state index in [0.717, 1.165) is 24.1 Å². The molecule has 2 amide bonds. The number of nitrogens with zero attached hydrogens (tertiary/aromatic N) is 2. The zero-order chi connectivity index (χ0) is 16.9. The van der Waals surface area contributed by atoms with Gasteiger partial charge in [-0.2, -0.15) is 0 Å². The summed E-state index contributed by atoms with van der Waals surface area (Å²) in [5, 5.41) is 0. The van der Waals surface area contributed by atoms with Crippen LogP contribution in [0.5, 0.6) is 0 Å². The highest BCUT2D eigenvalue weighted by atomic mass is 19.1. The molecule has 1 unspecified atom stereocenters. The van der Waals surface area contributed by atoms with Gasteiger partial charge in [-0.25, -0.2) is 4.39 Å². The SMILES string of the molecule is Cc1ccccc1N1CC2(CCN(C(=O)C3(F)CCC3)C2)CC1=O. The fourth-order valence-corrected chi connectivity index (χ4v) is 4.35. The zero-order valence-corrected chi connectivity index (χ0v) is 14.1. The molecule has 0 bridgehead atoms. The smallest absolute Gasteiger partial charge is 0.260 e. The van der Waals surface area contributed by atoms with Gasteiger partial charge in [0.15, 0.2) is 5.67 Å². The van der Waals surface area contributed by atoms with Crippen molar-refractivity contribution in [3.05, 3.63) is 29.8 Å². The fraction of sp³-hybridized carbons (Fsp3) is 0.579. The van der Waals surface area contributed by atoms with Crippen LogP contribution < -0.4 is 4.90 Å². The van der Waals surface area contributed by atoms with Crippen LogP contribution in [0, 0.1) is 12.3 Å². The first kappa shape index (κ1) is 15.6. The van der Waals surface area contributed by atoms with Gasteiger partial charge in [0, 0.05) is 37.2 Å². The minimum atomic E-state index is -1.64. The first-order valence-corrected chi connectivity index (χ1v) is 8.77. The molecule has 1 atom stereocenters. The molecule has 4 rings (SSSR count). The second-order valence-electron chi connectivity index (χ2n) is 7.74. The number of alkyl halides is 1. The number of carbonyl (C=O) groups is 2. The van der Waals surface area contributed by atoms with Gasteiger partial charge in [0.05, 0.1) is 0 Å². The van der Waals surface area contributed by atoms with Crippen LogP contribution in [-0.4, -0.2) is 42.0 Å². The van der Waals surface area contributed by atoms with E-state index in [-0.39, 0.29) is 17.2 Å². The summed E-state index contributed by atoms with van der Waals surface area (Å²) in [6.07, 6.45) is 2.72. The molecule has 0 aromatic heterocycles. The van der Waals surface area contributed by atoms with Gasteiger partial charge in [-0.1, -0.05) is 18.2 Å². The van der Waals surface area contributed by atoms with E-state index >= 15 is 0 Å². The lowest BCUT2D eigenvalue weighted by Gasteiger charge is -2.36. The molecule has 3 aliphatic rings. The van der Waals surface area contributed by atoms with Crippen LogP contribution in [0.15, 0.2) is 24.3 Å². The third kappa shape index (κ3) is 2.33. The van der Waals surface area contributed by atoms with Crippen LogP contribution in [0.4, 0.5) is 10.1 Å². The molecule has 0 N–H and O–H groups in total. The van der Waals surface area contributed by atoms with Crippen molar-refractivity contribution >= 4 is 17.5 Å². The van der Waals surface area contributed by atoms with Gasteiger partial charge in [-0.3, -0.25) is 9.59 Å². The third-order valence-corrected chi connectivity index (χ3v) is 5.98. The topological polar surface area (TPSA) is 40.6 Å². The molecule has 24 heavy (non-hydrogen) atoms. The summed E-state index contributed by atoms with van der Waals surface area (Å²) in [6, 6.07) is 7.87. The Labute approximate surface area is 141 Å². The molecule has 128 valence electrons. The number of halogens is 1. The number of hydrogen-bond acceptors (Lipinski definition) is 2. The van der Waals surface area contributed by atoms with E-state index in [9.17, 15) is 14.0 Å². The van der Waals surface area contributed by atoms with E-state index in [4.69, 9.17) is 0 Å². The molecule has 1 spiro atoms. The van der Waals surface area contributed by atoms with E-state index in [1.54, 1.807) is 4.90 Å². The van der Waals surface area contributed by atoms with Crippen LogP contribution in [0.25, 0.3) is 0 Å². The van der Waals surface area contributed by atoms with Gasteiger partial charge in [0.2, 0.25) is 5.91 Å². The largest absolute Gasteiger partial charge is 0.339 e. The summed E-state index contributed by atoms with van der Waals surface area (Å²) < 4.78 is 14.4. The molecule has 2 aliphatic heterocycles. The number of likely N-dealkylation sites (tertiary alicyclic amines) is 1. The van der Waals surface area contributed by atoms with Gasteiger partial charge in [-0.15, -0.1) is 0 Å². The summed E-state index contributed by atoms with van der Waals surface area (Å²) in [4.78, 5) is 28.5. The lowest BCUT2D eigenvalue weighted by atomic mass is 9.81. The van der Waals surface area contributed by atoms with Crippen molar-refractivity contribution in [2.24, 2.45) is 5.41 Å². The van der Waals surface area contributed by atoms with Gasteiger partial charge in [-0.05, 0) is 44.2 Å². The fourth-order valence-electron chi connectivity index (χ4n) is 4.35. The number of hydrogen-bond donors (Lipinski definition) is 0. The maximum Gasteiger partial charge on any atom is 0.260 e. The lowest BCUT2D eigenvalue weighted by molar-refractivity contribution is -0.149.